The van der Waals surface area contributed by atoms with Crippen LogP contribution in [0.25, 0.3) is 6.08 Å². The van der Waals surface area contributed by atoms with Gasteiger partial charge in [0, 0.05) is 5.69 Å². The van der Waals surface area contributed by atoms with Crippen LogP contribution in [0, 0.1) is 18.3 Å². The van der Waals surface area contributed by atoms with Crippen molar-refractivity contribution in [3.8, 4) is 6.07 Å². The van der Waals surface area contributed by atoms with Gasteiger partial charge in [0.1, 0.15) is 11.4 Å². The van der Waals surface area contributed by atoms with E-state index in [1.807, 2.05) is 6.07 Å². The van der Waals surface area contributed by atoms with E-state index in [0.29, 0.717) is 5.69 Å². The molecule has 0 fully saturated rings. The van der Waals surface area contributed by atoms with Crippen LogP contribution in [-0.2, 0) is 13.6 Å². The van der Waals surface area contributed by atoms with Gasteiger partial charge in [-0.15, -0.1) is 0 Å². The first-order valence-corrected chi connectivity index (χ1v) is 7.13. The Kier molecular flexibility index (Phi) is 5.29. The average molecular weight is 269 g/mol. The van der Waals surface area contributed by atoms with Gasteiger partial charge in [-0.05, 0) is 26.8 Å². The van der Waals surface area contributed by atoms with Crippen LogP contribution in [0.2, 0.25) is 0 Å². The highest BCUT2D eigenvalue weighted by Crippen LogP contribution is 2.56. The summed E-state index contributed by atoms with van der Waals surface area (Å²) in [5, 5.41) is 9.08. The van der Waals surface area contributed by atoms with E-state index in [-0.39, 0.29) is 18.5 Å². The Morgan fingerprint density at radius 3 is 2.56 bits per heavy atom. The first kappa shape index (κ1) is 14.7. The highest BCUT2D eigenvalue weighted by atomic mass is 31.2. The lowest BCUT2D eigenvalue weighted by Crippen LogP contribution is -1.98. The van der Waals surface area contributed by atoms with E-state index >= 15 is 0 Å². The van der Waals surface area contributed by atoms with Crippen molar-refractivity contribution in [1.29, 1.82) is 5.26 Å². The Morgan fingerprint density at radius 2 is 2.17 bits per heavy atom. The Labute approximate surface area is 106 Å². The average Bonchev–Trinajstić information content (AvgIpc) is 2.72. The number of hydrogen-bond donors (Lipinski definition) is 1. The topological polar surface area (TPSA) is 88.0 Å². The third-order valence-electron chi connectivity index (χ3n) is 2.15. The van der Waals surface area contributed by atoms with Gasteiger partial charge in [0.15, 0.2) is 0 Å². The van der Waals surface area contributed by atoms with E-state index in [2.05, 4.69) is 9.97 Å². The van der Waals surface area contributed by atoms with Crippen LogP contribution < -0.4 is 0 Å². The van der Waals surface area contributed by atoms with Gasteiger partial charge < -0.3 is 14.0 Å². The number of hydrogen-bond acceptors (Lipinski definition) is 5. The third-order valence-corrected chi connectivity index (χ3v) is 4.17. The molecule has 0 unspecified atom stereocenters. The lowest BCUT2D eigenvalue weighted by atomic mass is 10.3. The second-order valence-electron chi connectivity index (χ2n) is 3.39. The van der Waals surface area contributed by atoms with Gasteiger partial charge in [-0.1, -0.05) is 0 Å². The van der Waals surface area contributed by atoms with Gasteiger partial charge in [-0.2, -0.15) is 5.26 Å². The Balaban J connectivity index is 3.15. The molecule has 1 heterocycles. The smallest absolute Gasteiger partial charge is 0.348 e. The number of nitrogens with one attached hydrogen (secondary N) is 1. The van der Waals surface area contributed by atoms with Crippen molar-refractivity contribution in [2.45, 2.75) is 20.8 Å². The molecule has 0 aromatic carbocycles. The molecule has 0 saturated heterocycles. The summed E-state index contributed by atoms with van der Waals surface area (Å²) in [6, 6.07) is 1.87. The number of aromatic nitrogens is 2. The quantitative estimate of drug-likeness (QED) is 0.633. The largest absolute Gasteiger partial charge is 0.371 e. The monoisotopic (exact) mass is 269 g/mol. The summed E-state index contributed by atoms with van der Waals surface area (Å²) in [5.74, 6) is 0. The minimum Gasteiger partial charge on any atom is -0.348 e. The SMILES string of the molecule is CCOP(=O)(OCC)/C(C#N)=C/c1nc[nH]c1C. The number of nitriles is 1. The Morgan fingerprint density at radius 1 is 1.56 bits per heavy atom. The van der Waals surface area contributed by atoms with Crippen LogP contribution in [0.1, 0.15) is 25.2 Å². The summed E-state index contributed by atoms with van der Waals surface area (Å²) >= 11 is 0. The zero-order valence-corrected chi connectivity index (χ0v) is 11.5. The maximum atomic E-state index is 12.4. The van der Waals surface area contributed by atoms with E-state index in [9.17, 15) is 4.57 Å². The molecule has 0 atom stereocenters. The van der Waals surface area contributed by atoms with Crippen molar-refractivity contribution < 1.29 is 13.6 Å². The lowest BCUT2D eigenvalue weighted by Gasteiger charge is -2.15. The number of rotatable bonds is 6. The molecule has 0 bridgehead atoms. The molecule has 0 aliphatic rings. The summed E-state index contributed by atoms with van der Waals surface area (Å²) in [6.07, 6.45) is 2.93. The number of aromatic amines is 1. The van der Waals surface area contributed by atoms with E-state index in [1.54, 1.807) is 20.8 Å². The Bertz CT molecular complexity index is 506. The van der Waals surface area contributed by atoms with E-state index in [4.69, 9.17) is 14.3 Å². The van der Waals surface area contributed by atoms with Crippen molar-refractivity contribution in [3.05, 3.63) is 23.0 Å². The summed E-state index contributed by atoms with van der Waals surface area (Å²) in [4.78, 5) is 6.90. The molecule has 1 aromatic rings. The van der Waals surface area contributed by atoms with Crippen molar-refractivity contribution in [2.24, 2.45) is 0 Å². The van der Waals surface area contributed by atoms with Crippen LogP contribution in [-0.4, -0.2) is 23.2 Å². The minimum absolute atomic E-state index is 0.0404. The first-order chi connectivity index (χ1) is 8.57. The zero-order valence-electron chi connectivity index (χ0n) is 10.6. The number of nitrogens with zero attached hydrogens (tertiary/aromatic N) is 2. The predicted octanol–water partition coefficient (Wildman–Crippen LogP) is 2.85. The van der Waals surface area contributed by atoms with Crippen LogP contribution in [0.4, 0.5) is 0 Å². The number of aryl methyl sites for hydroxylation is 1. The third kappa shape index (κ3) is 3.30. The Hall–Kier alpha value is -1.41. The van der Waals surface area contributed by atoms with Gasteiger partial charge in [0.2, 0.25) is 0 Å². The second-order valence-corrected chi connectivity index (χ2v) is 5.38. The molecule has 7 heteroatoms. The minimum atomic E-state index is -3.54. The van der Waals surface area contributed by atoms with Gasteiger partial charge in [0.05, 0.1) is 25.2 Å². The van der Waals surface area contributed by atoms with Crippen molar-refractivity contribution >= 4 is 13.7 Å². The summed E-state index contributed by atoms with van der Waals surface area (Å²) < 4.78 is 22.6. The highest BCUT2D eigenvalue weighted by Gasteiger charge is 2.30. The maximum absolute atomic E-state index is 12.4. The number of H-pyrrole nitrogens is 1. The molecule has 98 valence electrons. The molecule has 0 saturated carbocycles. The molecule has 6 nitrogen and oxygen atoms in total. The van der Waals surface area contributed by atoms with Crippen molar-refractivity contribution in [3.63, 3.8) is 0 Å². The van der Waals surface area contributed by atoms with Crippen LogP contribution >= 0.6 is 7.60 Å². The molecule has 1 rings (SSSR count). The van der Waals surface area contributed by atoms with Crippen molar-refractivity contribution in [1.82, 2.24) is 9.97 Å². The highest BCUT2D eigenvalue weighted by molar-refractivity contribution is 7.59. The molecule has 0 radical (unpaired) electrons. The summed E-state index contributed by atoms with van der Waals surface area (Å²) in [5.41, 5.74) is 1.33. The molecule has 0 aliphatic heterocycles. The van der Waals surface area contributed by atoms with E-state index in [1.165, 1.54) is 12.4 Å². The molecular formula is C11H16N3O3P. The molecule has 0 amide bonds. The fraction of sp³-hybridized carbons (Fsp3) is 0.455. The summed E-state index contributed by atoms with van der Waals surface area (Å²) in [7, 11) is -3.54. The fourth-order valence-corrected chi connectivity index (χ4v) is 2.77. The van der Waals surface area contributed by atoms with Crippen molar-refractivity contribution in [2.75, 3.05) is 13.2 Å². The molecule has 1 aromatic heterocycles. The van der Waals surface area contributed by atoms with E-state index < -0.39 is 7.60 Å². The van der Waals surface area contributed by atoms with Crippen LogP contribution in [0.3, 0.4) is 0 Å². The normalized spacial score (nSPS) is 12.4. The van der Waals surface area contributed by atoms with Gasteiger partial charge in [-0.3, -0.25) is 4.57 Å². The van der Waals surface area contributed by atoms with Crippen LogP contribution in [0.15, 0.2) is 11.6 Å². The number of allylic oxidation sites excluding steroid dienone is 1. The summed E-state index contributed by atoms with van der Waals surface area (Å²) in [6.45, 7) is 5.60. The van der Waals surface area contributed by atoms with Gasteiger partial charge in [-0.25, -0.2) is 4.98 Å². The van der Waals surface area contributed by atoms with Crippen LogP contribution in [0.5, 0.6) is 0 Å². The fourth-order valence-electron chi connectivity index (χ4n) is 1.33. The maximum Gasteiger partial charge on any atom is 0.371 e. The second kappa shape index (κ2) is 6.50. The van der Waals surface area contributed by atoms with E-state index in [0.717, 1.165) is 5.69 Å². The number of imidazole rings is 1. The molecular weight excluding hydrogens is 253 g/mol. The first-order valence-electron chi connectivity index (χ1n) is 5.58. The molecule has 1 N–H and O–H groups in total. The predicted molar refractivity (Wildman–Crippen MR) is 67.8 cm³/mol. The molecule has 0 aliphatic carbocycles. The molecule has 18 heavy (non-hydrogen) atoms. The lowest BCUT2D eigenvalue weighted by molar-refractivity contribution is 0.227. The van der Waals surface area contributed by atoms with Gasteiger partial charge >= 0.3 is 7.60 Å². The molecule has 0 spiro atoms. The van der Waals surface area contributed by atoms with Gasteiger partial charge in [0.25, 0.3) is 0 Å². The zero-order chi connectivity index (χ0) is 13.6. The standard InChI is InChI=1S/C11H16N3O3P/c1-4-16-18(15,17-5-2)10(7-12)6-11-9(3)13-8-14-11/h6,8H,4-5H2,1-3H3,(H,13,14)/b10-6+.